The number of hydrogen-bond acceptors (Lipinski definition) is 0. The van der Waals surface area contributed by atoms with Gasteiger partial charge in [-0.2, -0.15) is 0 Å². The molecule has 8 aromatic carbocycles. The molecule has 0 spiro atoms. The van der Waals surface area contributed by atoms with Crippen LogP contribution in [0.1, 0.15) is 26.0 Å². The Hall–Kier alpha value is -5.46. The number of rotatable bonds is 4. The molecule has 0 nitrogen and oxygen atoms in total. The van der Waals surface area contributed by atoms with E-state index in [1.165, 1.54) is 0 Å². The van der Waals surface area contributed by atoms with E-state index in [4.69, 9.17) is 13.7 Å². The lowest BCUT2D eigenvalue weighted by molar-refractivity contribution is 1.58. The molecular formula is C42H28. The molecule has 8 rings (SSSR count). The average molecular weight is 552 g/mol. The van der Waals surface area contributed by atoms with E-state index in [2.05, 4.69) is 0 Å². The summed E-state index contributed by atoms with van der Waals surface area (Å²) in [5.74, 6) is 0. The molecule has 0 amide bonds. The summed E-state index contributed by atoms with van der Waals surface area (Å²) in [4.78, 5) is 0. The van der Waals surface area contributed by atoms with Gasteiger partial charge in [-0.15, -0.1) is 0 Å². The fourth-order valence-corrected chi connectivity index (χ4v) is 5.19. The normalized spacial score (nSPS) is 17.7. The number of fused-ring (bicyclic) bond motifs is 3. The minimum absolute atomic E-state index is 0.122. The quantitative estimate of drug-likeness (QED) is 0.191. The summed E-state index contributed by atoms with van der Waals surface area (Å²) in [5.41, 5.74) is -0.527. The molecule has 0 aromatic heterocycles. The molecule has 0 fully saturated rings. The van der Waals surface area contributed by atoms with Crippen molar-refractivity contribution in [2.75, 3.05) is 0 Å². The van der Waals surface area contributed by atoms with Gasteiger partial charge >= 0.3 is 0 Å². The first-order valence-corrected chi connectivity index (χ1v) is 13.0. The smallest absolute Gasteiger partial charge is 0.0622 e. The van der Waals surface area contributed by atoms with Crippen molar-refractivity contribution in [2.45, 2.75) is 0 Å². The van der Waals surface area contributed by atoms with Gasteiger partial charge in [-0.25, -0.2) is 0 Å². The molecule has 0 N–H and O–H groups in total. The highest BCUT2D eigenvalue weighted by Gasteiger charge is 2.17. The van der Waals surface area contributed by atoms with Crippen molar-refractivity contribution < 1.29 is 26.0 Å². The Morgan fingerprint density at radius 2 is 0.833 bits per heavy atom. The summed E-state index contributed by atoms with van der Waals surface area (Å²) in [6.45, 7) is 0. The van der Waals surface area contributed by atoms with Gasteiger partial charge in [-0.1, -0.05) is 163 Å². The molecule has 0 radical (unpaired) electrons. The maximum atomic E-state index is 9.44. The zero-order valence-corrected chi connectivity index (χ0v) is 21.7. The molecule has 0 aliphatic heterocycles. The Balaban J connectivity index is 1.66. The van der Waals surface area contributed by atoms with Gasteiger partial charge in [0, 0.05) is 0 Å². The van der Waals surface area contributed by atoms with Gasteiger partial charge < -0.3 is 0 Å². The summed E-state index contributed by atoms with van der Waals surface area (Å²) in [5, 5.41) is -3.27. The van der Waals surface area contributed by atoms with Crippen LogP contribution in [0.2, 0.25) is 0 Å². The highest BCUT2D eigenvalue weighted by atomic mass is 14.2. The van der Waals surface area contributed by atoms with Gasteiger partial charge in [0.25, 0.3) is 0 Å². The standard InChI is InChI=1S/C42H28/c1-2-12-29(13-3-1)33-16-10-17-34(28-33)30-24-26-32(27-25-30)41-37-19-6-8-21-39(37)42(40-22-9-7-20-38(40)41)36-23-11-15-31-14-4-5-18-35(31)36/h1-28H/i4D,5D,6D,7D,8D,9D,11D,14D,15D,18D,19D,20D,21D,22D,23D,24D,25D,26D,27D. The third kappa shape index (κ3) is 4.08. The number of hydrogen-bond donors (Lipinski definition) is 0. The van der Waals surface area contributed by atoms with Crippen molar-refractivity contribution in [3.63, 3.8) is 0 Å². The van der Waals surface area contributed by atoms with E-state index in [1.807, 2.05) is 36.4 Å². The summed E-state index contributed by atoms with van der Waals surface area (Å²) in [6.07, 6.45) is 0. The molecule has 0 saturated heterocycles. The van der Waals surface area contributed by atoms with Gasteiger partial charge in [0.1, 0.15) is 0 Å². The van der Waals surface area contributed by atoms with Crippen LogP contribution in [0.25, 0.3) is 76.8 Å². The monoisotopic (exact) mass is 551 g/mol. The fourth-order valence-electron chi connectivity index (χ4n) is 5.19. The molecule has 42 heavy (non-hydrogen) atoms. The highest BCUT2D eigenvalue weighted by molar-refractivity contribution is 6.23. The average Bonchev–Trinajstić information content (AvgIpc) is 3.25. The predicted molar refractivity (Wildman–Crippen MR) is 181 cm³/mol. The molecule has 0 aliphatic carbocycles. The topological polar surface area (TPSA) is 0 Å². The lowest BCUT2D eigenvalue weighted by Gasteiger charge is -2.19. The first-order chi connectivity index (χ1) is 28.8. The van der Waals surface area contributed by atoms with Crippen molar-refractivity contribution >= 4 is 32.3 Å². The van der Waals surface area contributed by atoms with Crippen LogP contribution in [-0.4, -0.2) is 0 Å². The molecule has 0 heteroatoms. The Bertz CT molecular complexity index is 3170. The zero-order valence-electron chi connectivity index (χ0n) is 40.7. The molecule has 196 valence electrons. The van der Waals surface area contributed by atoms with Gasteiger partial charge in [-0.3, -0.25) is 0 Å². The summed E-state index contributed by atoms with van der Waals surface area (Å²) < 4.78 is 171. The van der Waals surface area contributed by atoms with E-state index in [-0.39, 0.29) is 5.56 Å². The van der Waals surface area contributed by atoms with Crippen molar-refractivity contribution in [1.29, 1.82) is 0 Å². The van der Waals surface area contributed by atoms with E-state index in [0.29, 0.717) is 11.1 Å². The second-order valence-electron chi connectivity index (χ2n) is 9.45. The van der Waals surface area contributed by atoms with Crippen molar-refractivity contribution in [2.24, 2.45) is 0 Å². The second kappa shape index (κ2) is 10.2. The van der Waals surface area contributed by atoms with Gasteiger partial charge in [0.15, 0.2) is 0 Å². The molecule has 0 aliphatic rings. The van der Waals surface area contributed by atoms with Crippen LogP contribution in [0.4, 0.5) is 0 Å². The zero-order chi connectivity index (χ0) is 44.4. The maximum absolute atomic E-state index is 9.44. The summed E-state index contributed by atoms with van der Waals surface area (Å²) in [7, 11) is 0. The fraction of sp³-hybridized carbons (Fsp3) is 0. The van der Waals surface area contributed by atoms with E-state index >= 15 is 0 Å². The predicted octanol–water partition coefficient (Wildman–Crippen LogP) is 11.8. The van der Waals surface area contributed by atoms with Crippen LogP contribution in [0.15, 0.2) is 169 Å². The third-order valence-corrected chi connectivity index (χ3v) is 7.07. The van der Waals surface area contributed by atoms with Crippen molar-refractivity contribution in [1.82, 2.24) is 0 Å². The summed E-state index contributed by atoms with van der Waals surface area (Å²) in [6, 6.07) is 0.987. The van der Waals surface area contributed by atoms with Gasteiger partial charge in [0.05, 0.1) is 26.0 Å². The second-order valence-corrected chi connectivity index (χ2v) is 9.45. The van der Waals surface area contributed by atoms with E-state index in [1.54, 1.807) is 18.2 Å². The van der Waals surface area contributed by atoms with Crippen LogP contribution < -0.4 is 0 Å². The minimum Gasteiger partial charge on any atom is -0.0622 e. The Morgan fingerprint density at radius 3 is 1.50 bits per heavy atom. The lowest BCUT2D eigenvalue weighted by atomic mass is 9.84. The van der Waals surface area contributed by atoms with Crippen molar-refractivity contribution in [3.8, 4) is 44.5 Å². The minimum atomic E-state index is -0.862. The lowest BCUT2D eigenvalue weighted by Crippen LogP contribution is -1.91. The molecule has 0 saturated carbocycles. The van der Waals surface area contributed by atoms with E-state index in [0.717, 1.165) is 5.56 Å². The van der Waals surface area contributed by atoms with Crippen LogP contribution in [0.3, 0.4) is 0 Å². The van der Waals surface area contributed by atoms with Crippen LogP contribution in [0.5, 0.6) is 0 Å². The Kier molecular flexibility index (Phi) is 2.86. The molecule has 0 unspecified atom stereocenters. The molecular weight excluding hydrogens is 504 g/mol. The largest absolute Gasteiger partial charge is 0.0629 e. The summed E-state index contributed by atoms with van der Waals surface area (Å²) >= 11 is 0. The van der Waals surface area contributed by atoms with E-state index < -0.39 is 169 Å². The Labute approximate surface area is 272 Å². The van der Waals surface area contributed by atoms with Gasteiger partial charge in [-0.05, 0) is 82.9 Å². The number of benzene rings is 8. The molecule has 8 aromatic rings. The SMILES string of the molecule is [2H]c1c([2H])c(-c2c3c([2H])c([2H])c([2H])c([2H])c3c(-c3c([2H])c([2H])c([2H])c4c([2H])c([2H])c([2H])c([2H])c34)c3c([2H])c([2H])c([2H])c([2H])c23)c([2H])c([2H])c1-c1cccc(-c2ccccc2)c1. The van der Waals surface area contributed by atoms with Crippen LogP contribution in [0, 0.1) is 0 Å². The third-order valence-electron chi connectivity index (χ3n) is 7.07. The van der Waals surface area contributed by atoms with Crippen LogP contribution in [-0.2, 0) is 0 Å². The van der Waals surface area contributed by atoms with Crippen LogP contribution >= 0.6 is 0 Å². The first kappa shape index (κ1) is 11.8. The maximum Gasteiger partial charge on any atom is 0.0629 e. The molecule has 0 bridgehead atoms. The first-order valence-electron chi connectivity index (χ1n) is 22.5. The van der Waals surface area contributed by atoms with Gasteiger partial charge in [0.2, 0.25) is 0 Å². The molecule has 0 atom stereocenters. The van der Waals surface area contributed by atoms with Crippen molar-refractivity contribution in [3.05, 3.63) is 169 Å². The highest BCUT2D eigenvalue weighted by Crippen LogP contribution is 2.45. The molecule has 0 heterocycles. The Morgan fingerprint density at radius 1 is 0.333 bits per heavy atom. The van der Waals surface area contributed by atoms with E-state index in [9.17, 15) is 12.3 Å².